The van der Waals surface area contributed by atoms with Crippen LogP contribution in [0.1, 0.15) is 278 Å². The van der Waals surface area contributed by atoms with Crippen LogP contribution in [0.4, 0.5) is 0 Å². The number of rotatable bonds is 53. The van der Waals surface area contributed by atoms with Crippen LogP contribution in [0.5, 0.6) is 0 Å². The summed E-state index contributed by atoms with van der Waals surface area (Å²) in [7, 11) is 0. The Balaban J connectivity index is 4.26. The zero-order chi connectivity index (χ0) is 51.4. The van der Waals surface area contributed by atoms with Crippen molar-refractivity contribution in [1.29, 1.82) is 0 Å². The highest BCUT2D eigenvalue weighted by molar-refractivity contribution is 5.71. The van der Waals surface area contributed by atoms with Gasteiger partial charge in [0, 0.05) is 19.3 Å². The summed E-state index contributed by atoms with van der Waals surface area (Å²) >= 11 is 0. The summed E-state index contributed by atoms with van der Waals surface area (Å²) in [6.45, 7) is 6.48. The predicted octanol–water partition coefficient (Wildman–Crippen LogP) is 20.1. The Labute approximate surface area is 438 Å². The van der Waals surface area contributed by atoms with E-state index in [2.05, 4.69) is 118 Å². The van der Waals surface area contributed by atoms with Crippen LogP contribution in [-0.4, -0.2) is 37.2 Å². The first-order valence-corrected chi connectivity index (χ1v) is 29.7. The molecule has 0 aromatic rings. The van der Waals surface area contributed by atoms with Crippen LogP contribution in [0.25, 0.3) is 0 Å². The molecule has 0 aliphatic heterocycles. The van der Waals surface area contributed by atoms with Crippen molar-refractivity contribution in [3.05, 3.63) is 97.2 Å². The molecule has 6 nitrogen and oxygen atoms in total. The fraction of sp³-hybridized carbons (Fsp3) is 0.708. The first-order chi connectivity index (χ1) is 35.0. The maximum atomic E-state index is 12.8. The van der Waals surface area contributed by atoms with Gasteiger partial charge in [0.1, 0.15) is 13.2 Å². The van der Waals surface area contributed by atoms with E-state index in [1.807, 2.05) is 0 Å². The summed E-state index contributed by atoms with van der Waals surface area (Å²) < 4.78 is 16.8. The minimum absolute atomic E-state index is 0.0832. The Morgan fingerprint density at radius 1 is 0.296 bits per heavy atom. The number of unbranched alkanes of at least 4 members (excludes halogenated alkanes) is 26. The van der Waals surface area contributed by atoms with Gasteiger partial charge in [0.15, 0.2) is 6.10 Å². The lowest BCUT2D eigenvalue weighted by Gasteiger charge is -2.18. The van der Waals surface area contributed by atoms with Crippen LogP contribution in [0, 0.1) is 0 Å². The Bertz CT molecular complexity index is 1410. The van der Waals surface area contributed by atoms with E-state index in [-0.39, 0.29) is 31.1 Å². The van der Waals surface area contributed by atoms with E-state index in [4.69, 9.17) is 14.2 Å². The zero-order valence-corrected chi connectivity index (χ0v) is 46.5. The third-order valence-electron chi connectivity index (χ3n) is 12.6. The topological polar surface area (TPSA) is 78.9 Å². The Hall–Kier alpha value is -3.67. The van der Waals surface area contributed by atoms with E-state index in [1.165, 1.54) is 122 Å². The molecule has 406 valence electrons. The number of hydrogen-bond donors (Lipinski definition) is 0. The maximum absolute atomic E-state index is 12.8. The summed E-state index contributed by atoms with van der Waals surface area (Å²) in [5.41, 5.74) is 0. The highest BCUT2D eigenvalue weighted by atomic mass is 16.6. The van der Waals surface area contributed by atoms with E-state index in [0.717, 1.165) is 116 Å². The van der Waals surface area contributed by atoms with Crippen LogP contribution in [0.3, 0.4) is 0 Å². The van der Waals surface area contributed by atoms with E-state index in [0.29, 0.717) is 19.3 Å². The Morgan fingerprint density at radius 3 is 0.915 bits per heavy atom. The van der Waals surface area contributed by atoms with Crippen molar-refractivity contribution in [1.82, 2.24) is 0 Å². The van der Waals surface area contributed by atoms with Crippen LogP contribution >= 0.6 is 0 Å². The van der Waals surface area contributed by atoms with Gasteiger partial charge in [0.25, 0.3) is 0 Å². The molecule has 0 rings (SSSR count). The van der Waals surface area contributed by atoms with E-state index in [1.54, 1.807) is 0 Å². The molecule has 0 aromatic heterocycles. The average molecular weight is 988 g/mol. The molecule has 0 aliphatic rings. The molecule has 0 aliphatic carbocycles. The molecule has 0 spiro atoms. The fourth-order valence-electron chi connectivity index (χ4n) is 8.11. The minimum Gasteiger partial charge on any atom is -0.462 e. The molecule has 0 amide bonds. The maximum Gasteiger partial charge on any atom is 0.306 e. The highest BCUT2D eigenvalue weighted by Gasteiger charge is 2.19. The first-order valence-electron chi connectivity index (χ1n) is 29.7. The molecule has 1 atom stereocenters. The molecule has 0 bridgehead atoms. The standard InChI is InChI=1S/C65H110O6/c1-4-7-10-13-16-19-22-24-25-26-27-28-29-30-31-32-33-34-35-36-37-38-39-41-43-46-49-52-55-58-64(67)70-61-62(60-69-63(66)57-54-51-48-45-42-21-18-15-12-9-6-3)71-65(68)59-56-53-50-47-44-40-23-20-17-14-11-8-5-2/h7,10,15-16,18-19,24-25,27-28,30-31,33-34,36-37,62H,4-6,8-9,11-14,17,20-23,26,29,32,35,38-61H2,1-3H3/b10-7-,18-15-,19-16-,25-24-,28-27-,31-30-,34-33-,37-36-. The number of hydrogen-bond acceptors (Lipinski definition) is 6. The monoisotopic (exact) mass is 987 g/mol. The Kier molecular flexibility index (Phi) is 55.9. The van der Waals surface area contributed by atoms with Crippen LogP contribution < -0.4 is 0 Å². The second-order valence-corrected chi connectivity index (χ2v) is 19.5. The second kappa shape index (κ2) is 58.9. The van der Waals surface area contributed by atoms with Crippen molar-refractivity contribution in [3.63, 3.8) is 0 Å². The van der Waals surface area contributed by atoms with Gasteiger partial charge in [-0.05, 0) is 96.3 Å². The smallest absolute Gasteiger partial charge is 0.306 e. The lowest BCUT2D eigenvalue weighted by Crippen LogP contribution is -2.30. The number of esters is 3. The van der Waals surface area contributed by atoms with Gasteiger partial charge in [-0.15, -0.1) is 0 Å². The molecule has 1 unspecified atom stereocenters. The van der Waals surface area contributed by atoms with Gasteiger partial charge in [-0.2, -0.15) is 0 Å². The fourth-order valence-corrected chi connectivity index (χ4v) is 8.11. The third-order valence-corrected chi connectivity index (χ3v) is 12.6. The molecular weight excluding hydrogens is 877 g/mol. The van der Waals surface area contributed by atoms with Gasteiger partial charge in [0.05, 0.1) is 0 Å². The van der Waals surface area contributed by atoms with Gasteiger partial charge in [-0.25, -0.2) is 0 Å². The number of allylic oxidation sites excluding steroid dienone is 16. The third kappa shape index (κ3) is 57.1. The van der Waals surface area contributed by atoms with Crippen molar-refractivity contribution in [2.24, 2.45) is 0 Å². The normalized spacial score (nSPS) is 12.8. The van der Waals surface area contributed by atoms with Crippen molar-refractivity contribution < 1.29 is 28.6 Å². The van der Waals surface area contributed by atoms with Crippen molar-refractivity contribution >= 4 is 17.9 Å². The number of carbonyl (C=O) groups excluding carboxylic acids is 3. The van der Waals surface area contributed by atoms with Gasteiger partial charge < -0.3 is 14.2 Å². The predicted molar refractivity (Wildman–Crippen MR) is 307 cm³/mol. The highest BCUT2D eigenvalue weighted by Crippen LogP contribution is 2.15. The van der Waals surface area contributed by atoms with Crippen LogP contribution in [0.2, 0.25) is 0 Å². The minimum atomic E-state index is -0.783. The Morgan fingerprint density at radius 2 is 0.563 bits per heavy atom. The van der Waals surface area contributed by atoms with Gasteiger partial charge in [-0.3, -0.25) is 14.4 Å². The van der Waals surface area contributed by atoms with E-state index in [9.17, 15) is 14.4 Å². The first kappa shape index (κ1) is 67.3. The van der Waals surface area contributed by atoms with Crippen molar-refractivity contribution in [2.45, 2.75) is 284 Å². The largest absolute Gasteiger partial charge is 0.462 e. The summed E-state index contributed by atoms with van der Waals surface area (Å²) in [5, 5.41) is 0. The van der Waals surface area contributed by atoms with Crippen molar-refractivity contribution in [3.8, 4) is 0 Å². The van der Waals surface area contributed by atoms with Gasteiger partial charge in [0.2, 0.25) is 0 Å². The van der Waals surface area contributed by atoms with Crippen LogP contribution in [-0.2, 0) is 28.6 Å². The molecule has 0 fully saturated rings. The second-order valence-electron chi connectivity index (χ2n) is 19.5. The molecule has 71 heavy (non-hydrogen) atoms. The SMILES string of the molecule is CC/C=C\C/C=C\C/C=C\C/C=C\C/C=C\C/C=C\C/C=C\CCCCCCCCCC(=O)OCC(COC(=O)CCCCCCC/C=C\CCCC)OC(=O)CCCCCCCCCCCCCCC. The molecule has 6 heteroatoms. The summed E-state index contributed by atoms with van der Waals surface area (Å²) in [6, 6.07) is 0. The van der Waals surface area contributed by atoms with Crippen molar-refractivity contribution in [2.75, 3.05) is 13.2 Å². The van der Waals surface area contributed by atoms with Gasteiger partial charge >= 0.3 is 17.9 Å². The quantitative estimate of drug-likeness (QED) is 0.0261. The average Bonchev–Trinajstić information content (AvgIpc) is 3.37. The van der Waals surface area contributed by atoms with Crippen LogP contribution in [0.15, 0.2) is 97.2 Å². The molecule has 0 heterocycles. The molecule has 0 radical (unpaired) electrons. The zero-order valence-electron chi connectivity index (χ0n) is 46.5. The molecule has 0 saturated carbocycles. The lowest BCUT2D eigenvalue weighted by molar-refractivity contribution is -0.167. The molecular formula is C65H110O6. The van der Waals surface area contributed by atoms with Gasteiger partial charge in [-0.1, -0.05) is 259 Å². The molecule has 0 N–H and O–H groups in total. The van der Waals surface area contributed by atoms with E-state index < -0.39 is 6.10 Å². The summed E-state index contributed by atoms with van der Waals surface area (Å²) in [5.74, 6) is -0.899. The number of ether oxygens (including phenoxy) is 3. The lowest BCUT2D eigenvalue weighted by atomic mass is 10.0. The summed E-state index contributed by atoms with van der Waals surface area (Å²) in [6.07, 6.45) is 78.3. The number of carbonyl (C=O) groups is 3. The van der Waals surface area contributed by atoms with E-state index >= 15 is 0 Å². The summed E-state index contributed by atoms with van der Waals surface area (Å²) in [4.78, 5) is 38.1. The molecule has 0 saturated heterocycles. The molecule has 0 aromatic carbocycles.